The number of halogens is 1. The van der Waals surface area contributed by atoms with E-state index in [2.05, 4.69) is 30.5 Å². The fourth-order valence-electron chi connectivity index (χ4n) is 6.16. The third-order valence-corrected chi connectivity index (χ3v) is 9.38. The summed E-state index contributed by atoms with van der Waals surface area (Å²) in [6, 6.07) is 16.3. The van der Waals surface area contributed by atoms with Gasteiger partial charge in [0.05, 0.1) is 29.0 Å². The molecule has 1 aliphatic rings. The smallest absolute Gasteiger partial charge is 0.227 e. The van der Waals surface area contributed by atoms with E-state index in [4.69, 9.17) is 0 Å². The van der Waals surface area contributed by atoms with E-state index in [1.165, 1.54) is 18.4 Å². The summed E-state index contributed by atoms with van der Waals surface area (Å²) in [6.07, 6.45) is 10.6. The van der Waals surface area contributed by atoms with Crippen LogP contribution in [0.3, 0.4) is 0 Å². The molecule has 0 unspecified atom stereocenters. The Morgan fingerprint density at radius 1 is 0.978 bits per heavy atom. The second-order valence-corrected chi connectivity index (χ2v) is 14.1. The monoisotopic (exact) mass is 622 g/mol. The molecule has 0 bridgehead atoms. The van der Waals surface area contributed by atoms with Crippen LogP contribution >= 0.6 is 0 Å². The molecule has 45 heavy (non-hydrogen) atoms. The summed E-state index contributed by atoms with van der Waals surface area (Å²) < 4.78 is 38.1. The van der Waals surface area contributed by atoms with Gasteiger partial charge in [-0.05, 0) is 72.4 Å². The van der Waals surface area contributed by atoms with Crippen LogP contribution in [0.15, 0.2) is 73.2 Å². The molecule has 1 saturated carbocycles. The normalized spacial score (nSPS) is 14.0. The number of pyridine rings is 2. The molecule has 1 aliphatic carbocycles. The van der Waals surface area contributed by atoms with Crippen LogP contribution in [0.1, 0.15) is 31.2 Å². The number of H-pyrrole nitrogens is 2. The molecule has 0 aliphatic heterocycles. The van der Waals surface area contributed by atoms with Crippen molar-refractivity contribution in [2.75, 3.05) is 17.3 Å². The zero-order valence-corrected chi connectivity index (χ0v) is 25.4. The first-order chi connectivity index (χ1) is 21.7. The van der Waals surface area contributed by atoms with Crippen molar-refractivity contribution in [1.82, 2.24) is 25.1 Å². The summed E-state index contributed by atoms with van der Waals surface area (Å²) in [4.78, 5) is 25.1. The largest absolute Gasteiger partial charge is 0.353 e. The number of carbonyl (C=O) groups excluding carboxylic acids is 1. The first kappa shape index (κ1) is 28.8. The third kappa shape index (κ3) is 6.08. The molecule has 0 spiro atoms. The number of benzene rings is 2. The molecule has 4 aromatic heterocycles. The van der Waals surface area contributed by atoms with Crippen molar-refractivity contribution in [2.24, 2.45) is 5.92 Å². The number of nitrogens with one attached hydrogen (secondary N) is 3. The van der Waals surface area contributed by atoms with Gasteiger partial charge in [0.15, 0.2) is 5.65 Å². The number of fused-ring (bicyclic) bond motifs is 2. The molecule has 9 nitrogen and oxygen atoms in total. The fourth-order valence-corrected chi connectivity index (χ4v) is 6.76. The van der Waals surface area contributed by atoms with Gasteiger partial charge in [-0.2, -0.15) is 5.10 Å². The van der Waals surface area contributed by atoms with E-state index < -0.39 is 15.7 Å². The molecule has 1 amide bonds. The number of aromatic nitrogens is 5. The maximum atomic E-state index is 14.7. The van der Waals surface area contributed by atoms with Gasteiger partial charge in [0.1, 0.15) is 15.7 Å². The summed E-state index contributed by atoms with van der Waals surface area (Å²) >= 11 is 0. The predicted octanol–water partition coefficient (Wildman–Crippen LogP) is 6.69. The average molecular weight is 623 g/mol. The Morgan fingerprint density at radius 3 is 2.62 bits per heavy atom. The number of carbonyl (C=O) groups is 1. The molecule has 6 aromatic rings. The molecule has 7 rings (SSSR count). The lowest BCUT2D eigenvalue weighted by molar-refractivity contribution is -0.119. The van der Waals surface area contributed by atoms with Crippen LogP contribution in [0.25, 0.3) is 55.6 Å². The topological polar surface area (TPSA) is 133 Å². The Hall–Kier alpha value is -4.90. The van der Waals surface area contributed by atoms with Gasteiger partial charge in [-0.25, -0.2) is 17.8 Å². The number of aromatic amines is 2. The van der Waals surface area contributed by atoms with Crippen molar-refractivity contribution in [3.63, 3.8) is 0 Å². The van der Waals surface area contributed by atoms with Crippen molar-refractivity contribution in [3.8, 4) is 33.6 Å². The summed E-state index contributed by atoms with van der Waals surface area (Å²) in [6.45, 7) is 0. The van der Waals surface area contributed by atoms with Crippen molar-refractivity contribution in [2.45, 2.75) is 32.1 Å². The molecular formula is C34H31FN6O3S. The minimum atomic E-state index is -3.18. The van der Waals surface area contributed by atoms with Crippen LogP contribution < -0.4 is 5.32 Å². The minimum absolute atomic E-state index is 0.0405. The Bertz CT molecular complexity index is 2180. The summed E-state index contributed by atoms with van der Waals surface area (Å²) in [5, 5.41) is 12.2. The molecule has 0 atom stereocenters. The summed E-state index contributed by atoms with van der Waals surface area (Å²) in [5.74, 6) is -0.371. The number of rotatable bonds is 8. The zero-order valence-electron chi connectivity index (χ0n) is 24.6. The quantitative estimate of drug-likeness (QED) is 0.173. The van der Waals surface area contributed by atoms with Crippen LogP contribution in [-0.2, 0) is 21.1 Å². The van der Waals surface area contributed by atoms with Crippen LogP contribution in [0.5, 0.6) is 0 Å². The van der Waals surface area contributed by atoms with Crippen molar-refractivity contribution in [1.29, 1.82) is 0 Å². The van der Waals surface area contributed by atoms with Gasteiger partial charge in [-0.1, -0.05) is 31.0 Å². The zero-order chi connectivity index (χ0) is 31.1. The Labute approximate surface area is 259 Å². The van der Waals surface area contributed by atoms with Crippen molar-refractivity contribution < 1.29 is 17.6 Å². The molecule has 4 heterocycles. The van der Waals surface area contributed by atoms with Gasteiger partial charge in [-0.15, -0.1) is 0 Å². The number of hydrogen-bond acceptors (Lipinski definition) is 6. The van der Waals surface area contributed by atoms with E-state index in [1.54, 1.807) is 18.6 Å². The maximum absolute atomic E-state index is 14.7. The average Bonchev–Trinajstić information content (AvgIpc) is 3.79. The van der Waals surface area contributed by atoms with Gasteiger partial charge in [0.2, 0.25) is 5.91 Å². The van der Waals surface area contributed by atoms with Crippen LogP contribution in [0.2, 0.25) is 0 Å². The van der Waals surface area contributed by atoms with Crippen LogP contribution in [-0.4, -0.2) is 51.5 Å². The number of amides is 1. The molecule has 1 fully saturated rings. The van der Waals surface area contributed by atoms with Gasteiger partial charge >= 0.3 is 0 Å². The van der Waals surface area contributed by atoms with E-state index in [9.17, 15) is 17.6 Å². The number of sulfone groups is 1. The first-order valence-electron chi connectivity index (χ1n) is 14.9. The highest BCUT2D eigenvalue weighted by atomic mass is 32.2. The van der Waals surface area contributed by atoms with Gasteiger partial charge in [0, 0.05) is 52.0 Å². The fraction of sp³-hybridized carbons (Fsp3) is 0.235. The summed E-state index contributed by atoms with van der Waals surface area (Å²) in [5.41, 5.74) is 7.33. The Morgan fingerprint density at radius 2 is 1.80 bits per heavy atom. The molecule has 3 N–H and O–H groups in total. The molecule has 0 radical (unpaired) electrons. The van der Waals surface area contributed by atoms with Gasteiger partial charge in [-0.3, -0.25) is 14.9 Å². The standard InChI is InChI=1S/C34H31FN6O3S/c1-45(43,44)10-9-20-11-22(13-25(35)12-20)27-7-4-8-30-28(27)16-31(39-30)32-29-15-24(18-37-33(29)41-40-32)23-14-26(19-36-17-23)38-34(42)21-5-2-3-6-21/h4,7-8,11-19,21,39H,2-3,5-6,9-10H2,1H3,(H,38,42)(H,37,40,41). The van der Waals surface area contributed by atoms with E-state index >= 15 is 0 Å². The summed E-state index contributed by atoms with van der Waals surface area (Å²) in [7, 11) is -3.18. The number of anilines is 1. The number of aryl methyl sites for hydroxylation is 1. The molecule has 228 valence electrons. The van der Waals surface area contributed by atoms with Crippen LogP contribution in [0, 0.1) is 11.7 Å². The van der Waals surface area contributed by atoms with E-state index in [1.807, 2.05) is 42.5 Å². The third-order valence-electron chi connectivity index (χ3n) is 8.44. The van der Waals surface area contributed by atoms with Gasteiger partial charge < -0.3 is 10.3 Å². The van der Waals surface area contributed by atoms with E-state index in [0.29, 0.717) is 22.5 Å². The Balaban J connectivity index is 1.22. The van der Waals surface area contributed by atoms with Crippen molar-refractivity contribution >= 4 is 43.4 Å². The van der Waals surface area contributed by atoms with Crippen LogP contribution in [0.4, 0.5) is 10.1 Å². The highest BCUT2D eigenvalue weighted by Crippen LogP contribution is 2.36. The highest BCUT2D eigenvalue weighted by Gasteiger charge is 2.23. The molecule has 0 saturated heterocycles. The van der Waals surface area contributed by atoms with E-state index in [0.717, 1.165) is 70.1 Å². The predicted molar refractivity (Wildman–Crippen MR) is 174 cm³/mol. The van der Waals surface area contributed by atoms with Gasteiger partial charge in [0.25, 0.3) is 0 Å². The second-order valence-electron chi connectivity index (χ2n) is 11.8. The second kappa shape index (κ2) is 11.6. The molecule has 2 aromatic carbocycles. The lowest BCUT2D eigenvalue weighted by atomic mass is 9.98. The first-order valence-corrected chi connectivity index (χ1v) is 17.0. The number of nitrogens with zero attached hydrogens (tertiary/aromatic N) is 3. The number of hydrogen-bond donors (Lipinski definition) is 3. The Kier molecular flexibility index (Phi) is 7.40. The highest BCUT2D eigenvalue weighted by molar-refractivity contribution is 7.90. The van der Waals surface area contributed by atoms with Crippen molar-refractivity contribution in [3.05, 3.63) is 84.6 Å². The lowest BCUT2D eigenvalue weighted by Gasteiger charge is -2.11. The lowest BCUT2D eigenvalue weighted by Crippen LogP contribution is -2.20. The SMILES string of the molecule is CS(=O)(=O)CCc1cc(F)cc(-c2cccc3[nH]c(-c4[nH]nc5ncc(-c6cncc(NC(=O)C7CCCC7)c6)cc45)cc23)c1. The molecular weight excluding hydrogens is 591 g/mol. The molecule has 11 heteroatoms. The van der Waals surface area contributed by atoms with E-state index in [-0.39, 0.29) is 24.0 Å². The minimum Gasteiger partial charge on any atom is -0.353 e. The maximum Gasteiger partial charge on any atom is 0.227 e.